The minimum absolute atomic E-state index is 0.546. The summed E-state index contributed by atoms with van der Waals surface area (Å²) >= 11 is 7.05. The van der Waals surface area contributed by atoms with Crippen LogP contribution in [0.4, 0.5) is 0 Å². The molecule has 0 aliphatic heterocycles. The molecule has 4 heteroatoms. The van der Waals surface area contributed by atoms with E-state index in [1.54, 1.807) is 0 Å². The molecule has 1 aromatic heterocycles. The number of benzene rings is 2. The number of hydrogen-bond donors (Lipinski definition) is 1. The van der Waals surface area contributed by atoms with Gasteiger partial charge in [-0.1, -0.05) is 54.0 Å². The molecule has 0 atom stereocenters. The van der Waals surface area contributed by atoms with Crippen molar-refractivity contribution in [3.05, 3.63) is 50.9 Å². The fourth-order valence-corrected chi connectivity index (χ4v) is 3.52. The van der Waals surface area contributed by atoms with Crippen molar-refractivity contribution in [2.24, 2.45) is 0 Å². The number of nitrogens with one attached hydrogen (secondary N) is 1. The van der Waals surface area contributed by atoms with Gasteiger partial charge < -0.3 is 4.98 Å². The highest BCUT2D eigenvalue weighted by molar-refractivity contribution is 9.11. The van der Waals surface area contributed by atoms with Crippen molar-refractivity contribution in [2.75, 3.05) is 0 Å². The number of aromatic nitrogens is 2. The van der Waals surface area contributed by atoms with Crippen LogP contribution in [0.5, 0.6) is 0 Å². The fourth-order valence-electron chi connectivity index (χ4n) is 2.20. The Morgan fingerprint density at radius 2 is 1.75 bits per heavy atom. The van der Waals surface area contributed by atoms with E-state index in [1.165, 1.54) is 5.56 Å². The summed E-state index contributed by atoms with van der Waals surface area (Å²) in [7, 11) is 0. The summed E-state index contributed by atoms with van der Waals surface area (Å²) in [5, 5.41) is 0. The fraction of sp³-hybridized carbons (Fsp3) is 0.188. The molecule has 0 saturated carbocycles. The molecule has 0 aliphatic carbocycles. The third-order valence-electron chi connectivity index (χ3n) is 3.36. The van der Waals surface area contributed by atoms with Gasteiger partial charge in [0.25, 0.3) is 0 Å². The van der Waals surface area contributed by atoms with Crippen molar-refractivity contribution in [1.82, 2.24) is 9.97 Å². The number of fused-ring (bicyclic) bond motifs is 1. The van der Waals surface area contributed by atoms with Crippen LogP contribution in [-0.2, 0) is 0 Å². The maximum atomic E-state index is 4.67. The van der Waals surface area contributed by atoms with Crippen molar-refractivity contribution >= 4 is 42.9 Å². The summed E-state index contributed by atoms with van der Waals surface area (Å²) < 4.78 is 2.02. The van der Waals surface area contributed by atoms with E-state index in [-0.39, 0.29) is 0 Å². The number of aromatic amines is 1. The molecule has 3 aromatic rings. The Morgan fingerprint density at radius 1 is 1.05 bits per heavy atom. The highest BCUT2D eigenvalue weighted by Crippen LogP contribution is 2.29. The Hall–Kier alpha value is -1.13. The van der Waals surface area contributed by atoms with Gasteiger partial charge in [0.1, 0.15) is 11.3 Å². The normalized spacial score (nSPS) is 11.4. The largest absolute Gasteiger partial charge is 0.338 e. The van der Waals surface area contributed by atoms with Crippen molar-refractivity contribution in [3.8, 4) is 11.4 Å². The van der Waals surface area contributed by atoms with Gasteiger partial charge in [-0.25, -0.2) is 4.98 Å². The minimum Gasteiger partial charge on any atom is -0.338 e. The molecule has 0 amide bonds. The molecule has 1 heterocycles. The maximum absolute atomic E-state index is 4.67. The van der Waals surface area contributed by atoms with E-state index < -0.39 is 0 Å². The van der Waals surface area contributed by atoms with Gasteiger partial charge in [-0.2, -0.15) is 0 Å². The van der Waals surface area contributed by atoms with Crippen LogP contribution in [0.25, 0.3) is 22.4 Å². The Balaban J connectivity index is 2.08. The number of nitrogens with zero attached hydrogens (tertiary/aromatic N) is 1. The summed E-state index contributed by atoms with van der Waals surface area (Å²) in [5.41, 5.74) is 4.42. The summed E-state index contributed by atoms with van der Waals surface area (Å²) in [4.78, 5) is 8.05. The lowest BCUT2D eigenvalue weighted by Crippen LogP contribution is -1.87. The van der Waals surface area contributed by atoms with Crippen LogP contribution in [0.1, 0.15) is 25.3 Å². The van der Waals surface area contributed by atoms with Crippen LogP contribution in [0, 0.1) is 0 Å². The number of halogens is 2. The monoisotopic (exact) mass is 392 g/mol. The highest BCUT2D eigenvalue weighted by Gasteiger charge is 2.09. The van der Waals surface area contributed by atoms with Gasteiger partial charge in [-0.15, -0.1) is 0 Å². The zero-order chi connectivity index (χ0) is 14.3. The number of hydrogen-bond acceptors (Lipinski definition) is 1. The molecule has 0 spiro atoms. The van der Waals surface area contributed by atoms with Crippen molar-refractivity contribution < 1.29 is 0 Å². The predicted molar refractivity (Wildman–Crippen MR) is 91.0 cm³/mol. The van der Waals surface area contributed by atoms with E-state index in [0.29, 0.717) is 5.92 Å². The maximum Gasteiger partial charge on any atom is 0.138 e. The molecule has 0 saturated heterocycles. The number of imidazole rings is 1. The Bertz CT molecular complexity index is 758. The molecule has 2 nitrogen and oxygen atoms in total. The molecule has 0 radical (unpaired) electrons. The lowest BCUT2D eigenvalue weighted by atomic mass is 10.0. The topological polar surface area (TPSA) is 28.7 Å². The zero-order valence-corrected chi connectivity index (χ0v) is 14.4. The molecule has 102 valence electrons. The van der Waals surface area contributed by atoms with Crippen LogP contribution in [0.3, 0.4) is 0 Å². The SMILES string of the molecule is CC(C)c1ccc(-c2nc3c(Br)cc(Br)cc3[nH]2)cc1. The Kier molecular flexibility index (Phi) is 3.69. The Labute approximate surface area is 134 Å². The first kappa shape index (κ1) is 13.8. The molecule has 0 fully saturated rings. The van der Waals surface area contributed by atoms with Crippen molar-refractivity contribution in [1.29, 1.82) is 0 Å². The van der Waals surface area contributed by atoms with E-state index in [2.05, 4.69) is 79.9 Å². The quantitative estimate of drug-likeness (QED) is 0.578. The number of rotatable bonds is 2. The summed E-state index contributed by atoms with van der Waals surface area (Å²) in [6.45, 7) is 4.40. The third-order valence-corrected chi connectivity index (χ3v) is 4.42. The second kappa shape index (κ2) is 5.34. The smallest absolute Gasteiger partial charge is 0.138 e. The van der Waals surface area contributed by atoms with E-state index in [4.69, 9.17) is 0 Å². The first-order chi connectivity index (χ1) is 9.54. The van der Waals surface area contributed by atoms with Gasteiger partial charge in [-0.05, 0) is 39.5 Å². The molecule has 20 heavy (non-hydrogen) atoms. The first-order valence-corrected chi connectivity index (χ1v) is 8.08. The van der Waals surface area contributed by atoms with Gasteiger partial charge in [0, 0.05) is 14.5 Å². The lowest BCUT2D eigenvalue weighted by Gasteiger charge is -2.05. The first-order valence-electron chi connectivity index (χ1n) is 6.49. The summed E-state index contributed by atoms with van der Waals surface area (Å²) in [6.07, 6.45) is 0. The average molecular weight is 394 g/mol. The van der Waals surface area contributed by atoms with Gasteiger partial charge in [0.05, 0.1) is 5.52 Å². The summed E-state index contributed by atoms with van der Waals surface area (Å²) in [6, 6.07) is 12.6. The second-order valence-electron chi connectivity index (χ2n) is 5.15. The third kappa shape index (κ3) is 2.54. The van der Waals surface area contributed by atoms with E-state index in [1.807, 2.05) is 12.1 Å². The lowest BCUT2D eigenvalue weighted by molar-refractivity contribution is 0.867. The standard InChI is InChI=1S/C16H14Br2N2/c1-9(2)10-3-5-11(6-4-10)16-19-14-8-12(17)7-13(18)15(14)20-16/h3-9H,1-2H3,(H,19,20). The van der Waals surface area contributed by atoms with Crippen LogP contribution in [0.15, 0.2) is 45.3 Å². The Morgan fingerprint density at radius 3 is 2.40 bits per heavy atom. The van der Waals surface area contributed by atoms with Gasteiger partial charge in [0.15, 0.2) is 0 Å². The van der Waals surface area contributed by atoms with Crippen LogP contribution < -0.4 is 0 Å². The highest BCUT2D eigenvalue weighted by atomic mass is 79.9. The average Bonchev–Trinajstić information content (AvgIpc) is 2.83. The molecule has 0 unspecified atom stereocenters. The van der Waals surface area contributed by atoms with Gasteiger partial charge >= 0.3 is 0 Å². The van der Waals surface area contributed by atoms with E-state index >= 15 is 0 Å². The number of H-pyrrole nitrogens is 1. The molecular weight excluding hydrogens is 380 g/mol. The van der Waals surface area contributed by atoms with Crippen molar-refractivity contribution in [3.63, 3.8) is 0 Å². The zero-order valence-electron chi connectivity index (χ0n) is 11.2. The van der Waals surface area contributed by atoms with Gasteiger partial charge in [-0.3, -0.25) is 0 Å². The van der Waals surface area contributed by atoms with Crippen LogP contribution in [0.2, 0.25) is 0 Å². The van der Waals surface area contributed by atoms with E-state index in [0.717, 1.165) is 31.4 Å². The van der Waals surface area contributed by atoms with E-state index in [9.17, 15) is 0 Å². The predicted octanol–water partition coefficient (Wildman–Crippen LogP) is 5.88. The van der Waals surface area contributed by atoms with Crippen LogP contribution in [-0.4, -0.2) is 9.97 Å². The molecule has 0 aliphatic rings. The van der Waals surface area contributed by atoms with Crippen LogP contribution >= 0.6 is 31.9 Å². The molecule has 2 aromatic carbocycles. The summed E-state index contributed by atoms with van der Waals surface area (Å²) in [5.74, 6) is 1.44. The van der Waals surface area contributed by atoms with Crippen molar-refractivity contribution in [2.45, 2.75) is 19.8 Å². The second-order valence-corrected chi connectivity index (χ2v) is 6.92. The molecular formula is C16H14Br2N2. The minimum atomic E-state index is 0.546. The molecule has 0 bridgehead atoms. The molecule has 3 rings (SSSR count). The molecule has 1 N–H and O–H groups in total. The van der Waals surface area contributed by atoms with Gasteiger partial charge in [0.2, 0.25) is 0 Å².